The highest BCUT2D eigenvalue weighted by Gasteiger charge is 2.35. The maximum atomic E-state index is 13.9. The third-order valence-electron chi connectivity index (χ3n) is 6.30. The number of anilines is 1. The van der Waals surface area contributed by atoms with Crippen molar-refractivity contribution in [2.75, 3.05) is 4.90 Å². The molecule has 3 aromatic heterocycles. The Morgan fingerprint density at radius 1 is 0.895 bits per heavy atom. The van der Waals surface area contributed by atoms with Crippen molar-refractivity contribution in [2.24, 2.45) is 7.05 Å². The molecule has 8 heteroatoms. The van der Waals surface area contributed by atoms with Gasteiger partial charge in [-0.1, -0.05) is 48.5 Å². The fourth-order valence-electron chi connectivity index (χ4n) is 4.36. The molecule has 5 rings (SSSR count). The molecule has 5 aromatic rings. The van der Waals surface area contributed by atoms with Gasteiger partial charge in [0.2, 0.25) is 5.91 Å². The Balaban J connectivity index is 1.56. The minimum absolute atomic E-state index is 0.124. The van der Waals surface area contributed by atoms with Crippen molar-refractivity contribution >= 4 is 17.5 Å². The van der Waals surface area contributed by atoms with Gasteiger partial charge in [-0.2, -0.15) is 5.10 Å². The first-order valence-electron chi connectivity index (χ1n) is 12.2. The number of carbonyl (C=O) groups excluding carboxylic acids is 2. The summed E-state index contributed by atoms with van der Waals surface area (Å²) in [6.45, 7) is 1.91. The average Bonchev–Trinajstić information content (AvgIpc) is 3.65. The molecule has 1 N–H and O–H groups in total. The zero-order chi connectivity index (χ0) is 26.5. The van der Waals surface area contributed by atoms with Gasteiger partial charge in [0.15, 0.2) is 5.76 Å². The molecule has 1 unspecified atom stereocenters. The minimum Gasteiger partial charge on any atom is -0.459 e. The summed E-state index contributed by atoms with van der Waals surface area (Å²) < 4.78 is 7.19. The number of aryl methyl sites for hydroxylation is 1. The summed E-state index contributed by atoms with van der Waals surface area (Å²) in [5.41, 5.74) is 3.95. The minimum atomic E-state index is -1.00. The number of carbonyl (C=O) groups is 2. The third-order valence-corrected chi connectivity index (χ3v) is 6.30. The largest absolute Gasteiger partial charge is 0.459 e. The number of benzene rings is 2. The van der Waals surface area contributed by atoms with Gasteiger partial charge in [0, 0.05) is 42.5 Å². The molecule has 190 valence electrons. The van der Waals surface area contributed by atoms with Crippen molar-refractivity contribution < 1.29 is 14.0 Å². The monoisotopic (exact) mass is 505 g/mol. The highest BCUT2D eigenvalue weighted by Crippen LogP contribution is 2.32. The van der Waals surface area contributed by atoms with Gasteiger partial charge in [0.1, 0.15) is 6.04 Å². The lowest BCUT2D eigenvalue weighted by Crippen LogP contribution is -2.44. The lowest BCUT2D eigenvalue weighted by molar-refractivity contribution is -0.123. The molecule has 2 aromatic carbocycles. The molecule has 0 aliphatic heterocycles. The number of hydrogen-bond acceptors (Lipinski definition) is 5. The highest BCUT2D eigenvalue weighted by atomic mass is 16.3. The summed E-state index contributed by atoms with van der Waals surface area (Å²) in [5, 5.41) is 7.32. The van der Waals surface area contributed by atoms with E-state index in [-0.39, 0.29) is 17.7 Å². The van der Waals surface area contributed by atoms with Gasteiger partial charge in [-0.15, -0.1) is 0 Å². The number of nitrogens with zero attached hydrogens (tertiary/aromatic N) is 4. The van der Waals surface area contributed by atoms with Crippen LogP contribution >= 0.6 is 0 Å². The number of aromatic nitrogens is 3. The number of furan rings is 1. The fourth-order valence-corrected chi connectivity index (χ4v) is 4.36. The molecule has 0 bridgehead atoms. The van der Waals surface area contributed by atoms with Crippen LogP contribution in [0.2, 0.25) is 0 Å². The second-order valence-corrected chi connectivity index (χ2v) is 8.93. The standard InChI is InChI=1S/C30H27N5O3/c1-21(22-8-4-3-5-9-22)33-29(36)28(24-10-6-16-31-18-24)35(30(37)27-11-7-17-38-27)26-14-12-23(13-15-26)25-19-32-34(2)20-25/h3-21,28H,1-2H3,(H,33,36)/t21-,28?/m0/s1. The first-order valence-corrected chi connectivity index (χ1v) is 12.2. The Hall–Kier alpha value is -4.98. The summed E-state index contributed by atoms with van der Waals surface area (Å²) in [6.07, 6.45) is 8.36. The fraction of sp³-hybridized carbons (Fsp3) is 0.133. The van der Waals surface area contributed by atoms with E-state index in [9.17, 15) is 9.59 Å². The van der Waals surface area contributed by atoms with E-state index in [2.05, 4.69) is 15.4 Å². The van der Waals surface area contributed by atoms with Gasteiger partial charge < -0.3 is 9.73 Å². The van der Waals surface area contributed by atoms with Crippen LogP contribution in [-0.2, 0) is 11.8 Å². The van der Waals surface area contributed by atoms with Gasteiger partial charge >= 0.3 is 0 Å². The first-order chi connectivity index (χ1) is 18.5. The van der Waals surface area contributed by atoms with Crippen molar-refractivity contribution in [1.82, 2.24) is 20.1 Å². The topological polar surface area (TPSA) is 93.3 Å². The van der Waals surface area contributed by atoms with Gasteiger partial charge in [-0.25, -0.2) is 0 Å². The summed E-state index contributed by atoms with van der Waals surface area (Å²) in [4.78, 5) is 33.5. The van der Waals surface area contributed by atoms with Crippen LogP contribution in [0.15, 0.2) is 114 Å². The molecule has 0 fully saturated rings. The number of rotatable bonds is 8. The third kappa shape index (κ3) is 5.24. The lowest BCUT2D eigenvalue weighted by atomic mass is 10.0. The summed E-state index contributed by atoms with van der Waals surface area (Å²) >= 11 is 0. The first kappa shape index (κ1) is 24.7. The van der Waals surface area contributed by atoms with Crippen LogP contribution in [-0.4, -0.2) is 26.6 Å². The van der Waals surface area contributed by atoms with E-state index in [4.69, 9.17) is 4.42 Å². The van der Waals surface area contributed by atoms with Gasteiger partial charge in [0.25, 0.3) is 5.91 Å². The number of nitrogens with one attached hydrogen (secondary N) is 1. The van der Waals surface area contributed by atoms with Crippen LogP contribution in [0.3, 0.4) is 0 Å². The Labute approximate surface area is 220 Å². The van der Waals surface area contributed by atoms with E-state index >= 15 is 0 Å². The van der Waals surface area contributed by atoms with Crippen LogP contribution in [0.4, 0.5) is 5.69 Å². The normalized spacial score (nSPS) is 12.5. The quantitative estimate of drug-likeness (QED) is 0.307. The maximum absolute atomic E-state index is 13.9. The van der Waals surface area contributed by atoms with Crippen LogP contribution in [0.25, 0.3) is 11.1 Å². The molecule has 0 aliphatic carbocycles. The molecule has 2 amide bonds. The molecule has 0 saturated heterocycles. The summed E-state index contributed by atoms with van der Waals surface area (Å²) in [6, 6.07) is 22.6. The number of pyridine rings is 1. The Morgan fingerprint density at radius 2 is 1.66 bits per heavy atom. The highest BCUT2D eigenvalue weighted by molar-refractivity contribution is 6.08. The van der Waals surface area contributed by atoms with E-state index in [1.54, 1.807) is 47.5 Å². The predicted octanol–water partition coefficient (Wildman–Crippen LogP) is 5.34. The SMILES string of the molecule is C[C@H](NC(=O)C(c1cccnc1)N(C(=O)c1ccco1)c1ccc(-c2cnn(C)c2)cc1)c1ccccc1. The molecule has 0 spiro atoms. The molecular formula is C30H27N5O3. The van der Waals surface area contributed by atoms with E-state index in [1.807, 2.05) is 74.8 Å². The van der Waals surface area contributed by atoms with Gasteiger partial charge in [-0.05, 0) is 48.4 Å². The van der Waals surface area contributed by atoms with E-state index in [0.717, 1.165) is 16.7 Å². The van der Waals surface area contributed by atoms with Gasteiger partial charge in [0.05, 0.1) is 18.5 Å². The summed E-state index contributed by atoms with van der Waals surface area (Å²) in [7, 11) is 1.86. The molecule has 8 nitrogen and oxygen atoms in total. The number of hydrogen-bond donors (Lipinski definition) is 1. The van der Waals surface area contributed by atoms with Crippen LogP contribution in [0.5, 0.6) is 0 Å². The van der Waals surface area contributed by atoms with Crippen molar-refractivity contribution in [2.45, 2.75) is 19.0 Å². The zero-order valence-electron chi connectivity index (χ0n) is 21.1. The maximum Gasteiger partial charge on any atom is 0.294 e. The Morgan fingerprint density at radius 3 is 2.29 bits per heavy atom. The molecule has 0 aliphatic rings. The molecule has 38 heavy (non-hydrogen) atoms. The van der Waals surface area contributed by atoms with Crippen LogP contribution in [0.1, 0.15) is 40.7 Å². The van der Waals surface area contributed by atoms with E-state index < -0.39 is 11.9 Å². The van der Waals surface area contributed by atoms with Crippen molar-refractivity contribution in [3.8, 4) is 11.1 Å². The van der Waals surface area contributed by atoms with E-state index in [1.165, 1.54) is 11.2 Å². The molecule has 0 radical (unpaired) electrons. The van der Waals surface area contributed by atoms with Crippen molar-refractivity contribution in [3.05, 3.63) is 127 Å². The van der Waals surface area contributed by atoms with Crippen molar-refractivity contribution in [1.29, 1.82) is 0 Å². The lowest BCUT2D eigenvalue weighted by Gasteiger charge is -2.31. The van der Waals surface area contributed by atoms with Gasteiger partial charge in [-0.3, -0.25) is 24.2 Å². The van der Waals surface area contributed by atoms with Crippen LogP contribution in [0, 0.1) is 0 Å². The Bertz CT molecular complexity index is 1500. The van der Waals surface area contributed by atoms with Crippen LogP contribution < -0.4 is 10.2 Å². The smallest absolute Gasteiger partial charge is 0.294 e. The van der Waals surface area contributed by atoms with Crippen molar-refractivity contribution in [3.63, 3.8) is 0 Å². The molecule has 2 atom stereocenters. The second-order valence-electron chi connectivity index (χ2n) is 8.93. The summed E-state index contributed by atoms with van der Waals surface area (Å²) in [5.74, 6) is -0.662. The average molecular weight is 506 g/mol. The molecule has 0 saturated carbocycles. The molecular weight excluding hydrogens is 478 g/mol. The zero-order valence-corrected chi connectivity index (χ0v) is 21.1. The molecule has 3 heterocycles. The number of amides is 2. The Kier molecular flexibility index (Phi) is 7.13. The van der Waals surface area contributed by atoms with E-state index in [0.29, 0.717) is 11.3 Å². The predicted molar refractivity (Wildman–Crippen MR) is 144 cm³/mol. The second kappa shape index (κ2) is 11.0.